The molecule has 2 aromatic rings. The maximum absolute atomic E-state index is 12.9. The second-order valence-electron chi connectivity index (χ2n) is 7.61. The number of aromatic nitrogens is 1. The number of carbonyl (C=O) groups is 1. The zero-order chi connectivity index (χ0) is 21.7. The van der Waals surface area contributed by atoms with Crippen LogP contribution < -0.4 is 14.8 Å². The summed E-state index contributed by atoms with van der Waals surface area (Å²) in [5.74, 6) is 1.60. The Morgan fingerprint density at radius 1 is 1.23 bits per heavy atom. The van der Waals surface area contributed by atoms with E-state index in [4.69, 9.17) is 14.2 Å². The van der Waals surface area contributed by atoms with Crippen molar-refractivity contribution in [2.75, 3.05) is 47.1 Å². The fraction of sp³-hybridized carbons (Fsp3) is 0.545. The number of nitrogens with one attached hydrogen (secondary N) is 1. The van der Waals surface area contributed by atoms with Crippen molar-refractivity contribution in [1.82, 2.24) is 15.2 Å². The Labute approximate surface area is 182 Å². The first kappa shape index (κ1) is 22.5. The van der Waals surface area contributed by atoms with E-state index in [1.54, 1.807) is 14.2 Å². The first-order valence-corrected chi connectivity index (χ1v) is 11.1. The summed E-state index contributed by atoms with van der Waals surface area (Å²) in [6.45, 7) is 9.55. The fourth-order valence-electron chi connectivity index (χ4n) is 3.55. The van der Waals surface area contributed by atoms with Gasteiger partial charge in [0.2, 0.25) is 0 Å². The van der Waals surface area contributed by atoms with E-state index in [1.165, 1.54) is 11.3 Å². The number of rotatable bonds is 8. The van der Waals surface area contributed by atoms with Gasteiger partial charge in [-0.25, -0.2) is 4.98 Å². The summed E-state index contributed by atoms with van der Waals surface area (Å²) >= 11 is 1.48. The predicted octanol–water partition coefficient (Wildman–Crippen LogP) is 3.40. The van der Waals surface area contributed by atoms with Crippen molar-refractivity contribution in [3.63, 3.8) is 0 Å². The molecule has 0 bridgehead atoms. The highest BCUT2D eigenvalue weighted by molar-refractivity contribution is 7.13. The molecule has 0 spiro atoms. The molecule has 1 amide bonds. The van der Waals surface area contributed by atoms with Crippen molar-refractivity contribution >= 4 is 17.2 Å². The molecule has 30 heavy (non-hydrogen) atoms. The number of thiazole rings is 1. The van der Waals surface area contributed by atoms with Gasteiger partial charge in [-0.05, 0) is 24.6 Å². The average molecular weight is 434 g/mol. The van der Waals surface area contributed by atoms with Crippen LogP contribution in [0, 0.1) is 6.92 Å². The second kappa shape index (κ2) is 10.2. The van der Waals surface area contributed by atoms with Crippen LogP contribution in [0.1, 0.15) is 51.7 Å². The van der Waals surface area contributed by atoms with E-state index in [9.17, 15) is 4.79 Å². The van der Waals surface area contributed by atoms with Crippen LogP contribution in [0.5, 0.6) is 11.5 Å². The van der Waals surface area contributed by atoms with Crippen molar-refractivity contribution in [1.29, 1.82) is 0 Å². The van der Waals surface area contributed by atoms with E-state index in [1.807, 2.05) is 25.1 Å². The van der Waals surface area contributed by atoms with Crippen molar-refractivity contribution in [3.05, 3.63) is 39.3 Å². The van der Waals surface area contributed by atoms with Crippen LogP contribution in [0.4, 0.5) is 0 Å². The molecule has 1 fully saturated rings. The smallest absolute Gasteiger partial charge is 0.263 e. The van der Waals surface area contributed by atoms with Crippen molar-refractivity contribution < 1.29 is 19.0 Å². The van der Waals surface area contributed by atoms with Gasteiger partial charge in [0.25, 0.3) is 5.91 Å². The monoisotopic (exact) mass is 433 g/mol. The molecule has 1 atom stereocenters. The van der Waals surface area contributed by atoms with Crippen molar-refractivity contribution in [3.8, 4) is 11.5 Å². The number of aryl methyl sites for hydroxylation is 1. The molecular formula is C22H31N3O4S. The zero-order valence-electron chi connectivity index (χ0n) is 18.4. The molecule has 164 valence electrons. The summed E-state index contributed by atoms with van der Waals surface area (Å²) in [6, 6.07) is 5.93. The van der Waals surface area contributed by atoms with Gasteiger partial charge in [0.1, 0.15) is 4.88 Å². The molecule has 1 saturated heterocycles. The molecule has 1 aromatic heterocycles. The van der Waals surface area contributed by atoms with Crippen LogP contribution in [-0.2, 0) is 4.74 Å². The van der Waals surface area contributed by atoms with Gasteiger partial charge in [0, 0.05) is 25.6 Å². The Morgan fingerprint density at radius 3 is 2.53 bits per heavy atom. The lowest BCUT2D eigenvalue weighted by Gasteiger charge is -2.35. The van der Waals surface area contributed by atoms with Crippen LogP contribution in [0.3, 0.4) is 0 Å². The number of benzene rings is 1. The van der Waals surface area contributed by atoms with E-state index in [0.29, 0.717) is 42.1 Å². The number of morpholine rings is 1. The van der Waals surface area contributed by atoms with E-state index >= 15 is 0 Å². The standard InChI is InChI=1S/C22H31N3O4S/c1-14(2)22-24-15(3)20(30-22)21(26)23-13-17(25-8-10-29-11-9-25)16-6-7-18(27-4)19(12-16)28-5/h6-7,12,14,17H,8-11,13H2,1-5H3,(H,23,26). The third-order valence-electron chi connectivity index (χ3n) is 5.25. The molecule has 0 aliphatic carbocycles. The third kappa shape index (κ3) is 5.11. The number of hydrogen-bond acceptors (Lipinski definition) is 7. The number of amides is 1. The molecule has 1 unspecified atom stereocenters. The Morgan fingerprint density at radius 2 is 1.93 bits per heavy atom. The van der Waals surface area contributed by atoms with E-state index in [2.05, 4.69) is 29.0 Å². The minimum atomic E-state index is -0.0735. The lowest BCUT2D eigenvalue weighted by atomic mass is 10.0. The molecule has 0 saturated carbocycles. The SMILES string of the molecule is COc1ccc(C(CNC(=O)c2sc(C(C)C)nc2C)N2CCOCC2)cc1OC. The average Bonchev–Trinajstić information content (AvgIpc) is 3.16. The van der Waals surface area contributed by atoms with E-state index in [-0.39, 0.29) is 11.9 Å². The summed E-state index contributed by atoms with van der Waals surface area (Å²) in [5, 5.41) is 4.12. The molecule has 1 N–H and O–H groups in total. The molecule has 0 radical (unpaired) electrons. The van der Waals surface area contributed by atoms with Gasteiger partial charge < -0.3 is 19.5 Å². The highest BCUT2D eigenvalue weighted by Crippen LogP contribution is 2.32. The molecule has 1 aromatic carbocycles. The predicted molar refractivity (Wildman–Crippen MR) is 118 cm³/mol. The molecule has 1 aliphatic heterocycles. The van der Waals surface area contributed by atoms with Gasteiger partial charge >= 0.3 is 0 Å². The summed E-state index contributed by atoms with van der Waals surface area (Å²) in [7, 11) is 3.26. The zero-order valence-corrected chi connectivity index (χ0v) is 19.2. The first-order valence-electron chi connectivity index (χ1n) is 10.2. The largest absolute Gasteiger partial charge is 0.493 e. The summed E-state index contributed by atoms with van der Waals surface area (Å²) < 4.78 is 16.4. The van der Waals surface area contributed by atoms with Gasteiger partial charge in [-0.15, -0.1) is 11.3 Å². The van der Waals surface area contributed by atoms with Gasteiger partial charge in [0.05, 0.1) is 44.2 Å². The van der Waals surface area contributed by atoms with E-state index < -0.39 is 0 Å². The fourth-order valence-corrected chi connectivity index (χ4v) is 4.54. The normalized spacial score (nSPS) is 15.8. The minimum Gasteiger partial charge on any atom is -0.493 e. The lowest BCUT2D eigenvalue weighted by molar-refractivity contribution is 0.0162. The molecule has 2 heterocycles. The summed E-state index contributed by atoms with van der Waals surface area (Å²) in [6.07, 6.45) is 0. The van der Waals surface area contributed by atoms with Crippen molar-refractivity contribution in [2.24, 2.45) is 0 Å². The maximum atomic E-state index is 12.9. The number of nitrogens with zero attached hydrogens (tertiary/aromatic N) is 2. The quantitative estimate of drug-likeness (QED) is 0.688. The number of hydrogen-bond donors (Lipinski definition) is 1. The Bertz CT molecular complexity index is 862. The van der Waals surface area contributed by atoms with E-state index in [0.717, 1.165) is 29.4 Å². The summed E-state index contributed by atoms with van der Waals surface area (Å²) in [5.41, 5.74) is 1.86. The minimum absolute atomic E-state index is 0.00968. The Balaban J connectivity index is 1.80. The van der Waals surface area contributed by atoms with Gasteiger partial charge in [-0.2, -0.15) is 0 Å². The molecule has 8 heteroatoms. The molecule has 1 aliphatic rings. The van der Waals surface area contributed by atoms with Crippen molar-refractivity contribution in [2.45, 2.75) is 32.7 Å². The Hall–Kier alpha value is -2.16. The van der Waals surface area contributed by atoms with Gasteiger partial charge in [-0.3, -0.25) is 9.69 Å². The van der Waals surface area contributed by atoms with Gasteiger partial charge in [-0.1, -0.05) is 19.9 Å². The third-order valence-corrected chi connectivity index (χ3v) is 6.70. The van der Waals surface area contributed by atoms with Crippen LogP contribution in [-0.4, -0.2) is 62.9 Å². The van der Waals surface area contributed by atoms with Crippen LogP contribution >= 0.6 is 11.3 Å². The van der Waals surface area contributed by atoms with Gasteiger partial charge in [0.15, 0.2) is 11.5 Å². The van der Waals surface area contributed by atoms with Crippen LogP contribution in [0.25, 0.3) is 0 Å². The molecule has 7 nitrogen and oxygen atoms in total. The van der Waals surface area contributed by atoms with Crippen LogP contribution in [0.2, 0.25) is 0 Å². The maximum Gasteiger partial charge on any atom is 0.263 e. The number of methoxy groups -OCH3 is 2. The highest BCUT2D eigenvalue weighted by atomic mass is 32.1. The lowest BCUT2D eigenvalue weighted by Crippen LogP contribution is -2.43. The topological polar surface area (TPSA) is 72.9 Å². The Kier molecular flexibility index (Phi) is 7.69. The number of carbonyl (C=O) groups excluding carboxylic acids is 1. The molecule has 3 rings (SSSR count). The second-order valence-corrected chi connectivity index (χ2v) is 8.64. The highest BCUT2D eigenvalue weighted by Gasteiger charge is 2.25. The number of ether oxygens (including phenoxy) is 3. The van der Waals surface area contributed by atoms with Crippen LogP contribution in [0.15, 0.2) is 18.2 Å². The molecular weight excluding hydrogens is 402 g/mol. The summed E-state index contributed by atoms with van der Waals surface area (Å²) in [4.78, 5) is 20.5. The first-order chi connectivity index (χ1) is 14.4.